The molecular formula is C23H26F9N5O8. The molecule has 254 valence electrons. The first-order valence-corrected chi connectivity index (χ1v) is 12.3. The predicted molar refractivity (Wildman–Crippen MR) is 130 cm³/mol. The van der Waals surface area contributed by atoms with E-state index in [4.69, 9.17) is 38.9 Å². The fraction of sp³-hybridized carbons (Fsp3) is 0.565. The van der Waals surface area contributed by atoms with Gasteiger partial charge >= 0.3 is 42.5 Å². The number of aromatic nitrogens is 3. The predicted octanol–water partition coefficient (Wildman–Crippen LogP) is 3.54. The summed E-state index contributed by atoms with van der Waals surface area (Å²) >= 11 is 0. The summed E-state index contributed by atoms with van der Waals surface area (Å²) in [5.74, 6) is -7.67. The standard InChI is InChI=1S/C17H23N5O2.3C2HF3O2/c1-14-19-20-16(24-14)22-7-3-5-17(13-22)12-21(8-9-23-17)11-15-4-2-6-18-10-15;3*3-2(4,5)1(6)7/h2,4,6,10H,3,5,7-9,11-13H2,1H3;3*(H,6,7). The van der Waals surface area contributed by atoms with E-state index >= 15 is 0 Å². The zero-order valence-corrected chi connectivity index (χ0v) is 23.0. The van der Waals surface area contributed by atoms with Gasteiger partial charge < -0.3 is 29.4 Å². The van der Waals surface area contributed by atoms with E-state index in [-0.39, 0.29) is 5.60 Å². The molecule has 13 nitrogen and oxygen atoms in total. The summed E-state index contributed by atoms with van der Waals surface area (Å²) in [5.41, 5.74) is 1.09. The highest BCUT2D eigenvalue weighted by Crippen LogP contribution is 2.31. The summed E-state index contributed by atoms with van der Waals surface area (Å²) in [6.07, 6.45) is -9.35. The summed E-state index contributed by atoms with van der Waals surface area (Å²) in [6.45, 7) is 7.12. The quantitative estimate of drug-likeness (QED) is 0.404. The summed E-state index contributed by atoms with van der Waals surface area (Å²) in [4.78, 5) is 35.5. The molecule has 22 heteroatoms. The van der Waals surface area contributed by atoms with Crippen molar-refractivity contribution in [2.24, 2.45) is 0 Å². The number of hydrogen-bond acceptors (Lipinski definition) is 10. The number of pyridine rings is 1. The number of carboxylic acid groups (broad SMARTS) is 3. The Morgan fingerprint density at radius 2 is 1.42 bits per heavy atom. The average molecular weight is 671 g/mol. The molecule has 2 fully saturated rings. The molecule has 2 aromatic heterocycles. The van der Waals surface area contributed by atoms with Gasteiger partial charge in [0.2, 0.25) is 5.89 Å². The summed E-state index contributed by atoms with van der Waals surface area (Å²) < 4.78 is 107. The molecular weight excluding hydrogens is 645 g/mol. The molecule has 2 aromatic rings. The van der Waals surface area contributed by atoms with Crippen molar-refractivity contribution in [1.29, 1.82) is 0 Å². The van der Waals surface area contributed by atoms with Crippen LogP contribution in [0.25, 0.3) is 0 Å². The number of nitrogens with zero attached hydrogens (tertiary/aromatic N) is 5. The molecule has 0 radical (unpaired) electrons. The molecule has 4 heterocycles. The number of alkyl halides is 9. The highest BCUT2D eigenvalue weighted by atomic mass is 19.4. The fourth-order valence-corrected chi connectivity index (χ4v) is 3.73. The third-order valence-electron chi connectivity index (χ3n) is 5.51. The number of aryl methyl sites for hydroxylation is 1. The number of piperidine rings is 1. The second-order valence-electron chi connectivity index (χ2n) is 9.14. The fourth-order valence-electron chi connectivity index (χ4n) is 3.73. The van der Waals surface area contributed by atoms with Gasteiger partial charge in [-0.1, -0.05) is 11.2 Å². The summed E-state index contributed by atoms with van der Waals surface area (Å²) in [6, 6.07) is 4.73. The molecule has 0 bridgehead atoms. The van der Waals surface area contributed by atoms with Crippen molar-refractivity contribution < 1.29 is 78.4 Å². The zero-order valence-electron chi connectivity index (χ0n) is 23.0. The van der Waals surface area contributed by atoms with Crippen molar-refractivity contribution in [3.05, 3.63) is 36.0 Å². The van der Waals surface area contributed by atoms with Crippen LogP contribution in [-0.2, 0) is 25.7 Å². The van der Waals surface area contributed by atoms with Crippen molar-refractivity contribution >= 4 is 23.9 Å². The highest BCUT2D eigenvalue weighted by molar-refractivity contribution is 5.73. The molecule has 2 saturated heterocycles. The van der Waals surface area contributed by atoms with Crippen LogP contribution in [0.2, 0.25) is 0 Å². The lowest BCUT2D eigenvalue weighted by molar-refractivity contribution is -0.193. The first-order chi connectivity index (χ1) is 20.6. The number of aliphatic carboxylic acids is 3. The molecule has 0 saturated carbocycles. The Balaban J connectivity index is 0.000000396. The zero-order chi connectivity index (χ0) is 34.6. The minimum atomic E-state index is -5.08. The topological polar surface area (TPSA) is 179 Å². The van der Waals surface area contributed by atoms with Crippen molar-refractivity contribution in [3.8, 4) is 0 Å². The van der Waals surface area contributed by atoms with Gasteiger partial charge in [0.05, 0.1) is 18.8 Å². The van der Waals surface area contributed by atoms with Crippen LogP contribution in [0, 0.1) is 6.92 Å². The molecule has 1 atom stereocenters. The molecule has 45 heavy (non-hydrogen) atoms. The van der Waals surface area contributed by atoms with Gasteiger partial charge in [0.15, 0.2) is 0 Å². The van der Waals surface area contributed by atoms with E-state index in [9.17, 15) is 39.5 Å². The van der Waals surface area contributed by atoms with E-state index in [2.05, 4.69) is 31.0 Å². The first kappa shape index (κ1) is 38.8. The maximum Gasteiger partial charge on any atom is 0.490 e. The van der Waals surface area contributed by atoms with Crippen LogP contribution in [0.4, 0.5) is 45.5 Å². The van der Waals surface area contributed by atoms with Gasteiger partial charge in [0.25, 0.3) is 0 Å². The number of ether oxygens (including phenoxy) is 1. The molecule has 0 aromatic carbocycles. The number of hydrogen-bond donors (Lipinski definition) is 3. The molecule has 1 spiro atoms. The molecule has 0 amide bonds. The Morgan fingerprint density at radius 1 is 0.889 bits per heavy atom. The normalized spacial score (nSPS) is 18.8. The number of carbonyl (C=O) groups is 3. The third-order valence-corrected chi connectivity index (χ3v) is 5.51. The molecule has 0 aliphatic carbocycles. The lowest BCUT2D eigenvalue weighted by Crippen LogP contribution is -2.59. The van der Waals surface area contributed by atoms with Crippen LogP contribution in [0.1, 0.15) is 24.3 Å². The van der Waals surface area contributed by atoms with Crippen LogP contribution >= 0.6 is 0 Å². The van der Waals surface area contributed by atoms with Crippen LogP contribution in [0.15, 0.2) is 28.9 Å². The van der Waals surface area contributed by atoms with E-state index in [1.54, 1.807) is 0 Å². The number of anilines is 1. The second kappa shape index (κ2) is 16.2. The van der Waals surface area contributed by atoms with Crippen LogP contribution in [0.3, 0.4) is 0 Å². The Labute approximate surface area is 247 Å². The van der Waals surface area contributed by atoms with Gasteiger partial charge in [-0.05, 0) is 24.5 Å². The van der Waals surface area contributed by atoms with Crippen molar-refractivity contribution in [2.45, 2.75) is 50.4 Å². The lowest BCUT2D eigenvalue weighted by Gasteiger charge is -2.47. The van der Waals surface area contributed by atoms with Crippen LogP contribution in [-0.4, -0.2) is 110 Å². The Hall–Kier alpha value is -4.21. The monoisotopic (exact) mass is 671 g/mol. The highest BCUT2D eigenvalue weighted by Gasteiger charge is 2.42. The van der Waals surface area contributed by atoms with Crippen molar-refractivity contribution in [3.63, 3.8) is 0 Å². The average Bonchev–Trinajstić information content (AvgIpc) is 3.35. The molecule has 2 aliphatic rings. The third kappa shape index (κ3) is 14.4. The van der Waals surface area contributed by atoms with Crippen molar-refractivity contribution in [1.82, 2.24) is 20.1 Å². The SMILES string of the molecule is Cc1nnc(N2CCCC3(CN(Cc4cccnc4)CCO3)C2)o1.O=C(O)C(F)(F)F.O=C(O)C(F)(F)F.O=C(O)C(F)(F)F. The molecule has 2 aliphatic heterocycles. The van der Waals surface area contributed by atoms with Gasteiger partial charge in [0.1, 0.15) is 0 Å². The van der Waals surface area contributed by atoms with Gasteiger partial charge in [-0.3, -0.25) is 9.88 Å². The number of halogens is 9. The smallest absolute Gasteiger partial charge is 0.475 e. The van der Waals surface area contributed by atoms with E-state index in [1.165, 1.54) is 5.56 Å². The Kier molecular flexibility index (Phi) is 14.0. The van der Waals surface area contributed by atoms with E-state index in [1.807, 2.05) is 25.4 Å². The first-order valence-electron chi connectivity index (χ1n) is 12.3. The van der Waals surface area contributed by atoms with Gasteiger partial charge in [-0.15, -0.1) is 5.10 Å². The van der Waals surface area contributed by atoms with Gasteiger partial charge in [-0.25, -0.2) is 14.4 Å². The molecule has 1 unspecified atom stereocenters. The lowest BCUT2D eigenvalue weighted by atomic mass is 9.90. The van der Waals surface area contributed by atoms with Gasteiger partial charge in [-0.2, -0.15) is 39.5 Å². The summed E-state index contributed by atoms with van der Waals surface area (Å²) in [5, 5.41) is 29.5. The number of carboxylic acids is 3. The largest absolute Gasteiger partial charge is 0.490 e. The number of rotatable bonds is 3. The van der Waals surface area contributed by atoms with E-state index < -0.39 is 36.4 Å². The van der Waals surface area contributed by atoms with Crippen LogP contribution < -0.4 is 4.90 Å². The molecule has 3 N–H and O–H groups in total. The minimum Gasteiger partial charge on any atom is -0.475 e. The Bertz CT molecular complexity index is 1180. The summed E-state index contributed by atoms with van der Waals surface area (Å²) in [7, 11) is 0. The van der Waals surface area contributed by atoms with Gasteiger partial charge in [0, 0.05) is 45.5 Å². The van der Waals surface area contributed by atoms with E-state index in [0.29, 0.717) is 11.9 Å². The Morgan fingerprint density at radius 3 is 1.84 bits per heavy atom. The van der Waals surface area contributed by atoms with Crippen LogP contribution in [0.5, 0.6) is 0 Å². The maximum atomic E-state index is 10.6. The number of morpholine rings is 1. The molecule has 4 rings (SSSR count). The second-order valence-corrected chi connectivity index (χ2v) is 9.14. The van der Waals surface area contributed by atoms with E-state index in [0.717, 1.165) is 52.2 Å². The maximum absolute atomic E-state index is 10.6. The minimum absolute atomic E-state index is 0.152. The van der Waals surface area contributed by atoms with Crippen molar-refractivity contribution in [2.75, 3.05) is 37.7 Å².